The number of amides is 1. The monoisotopic (exact) mass is 1010 g/mol. The molecule has 1 aliphatic rings. The Morgan fingerprint density at radius 2 is 0.676 bits per heavy atom. The van der Waals surface area contributed by atoms with Crippen LogP contribution < -0.4 is 0 Å². The molecule has 1 rings (SSSR count). The van der Waals surface area contributed by atoms with Crippen molar-refractivity contribution in [3.05, 3.63) is 0 Å². The SMILES string of the molecule is CCCCCCCCC(=O)OCC(COC(=O)CCCCCCCC)CC(=O)O[C@@H]1C[C@@H](OC(=O)CC(COC(=O)CCCCCCCC)COC(=O)CCCCCCCC)CN(C(=O)OC(C)(C)C)C1. The van der Waals surface area contributed by atoms with Crippen molar-refractivity contribution < 1.29 is 66.7 Å². The molecular formula is C56H99NO14. The van der Waals surface area contributed by atoms with Crippen LogP contribution >= 0.6 is 0 Å². The lowest BCUT2D eigenvalue weighted by atomic mass is 10.0. The van der Waals surface area contributed by atoms with Crippen LogP contribution in [0.15, 0.2) is 0 Å². The third-order valence-corrected chi connectivity index (χ3v) is 12.4. The minimum absolute atomic E-state index is 0.0361. The second kappa shape index (κ2) is 41.6. The molecule has 71 heavy (non-hydrogen) atoms. The highest BCUT2D eigenvalue weighted by Crippen LogP contribution is 2.23. The van der Waals surface area contributed by atoms with Crippen molar-refractivity contribution in [2.24, 2.45) is 11.8 Å². The highest BCUT2D eigenvalue weighted by Gasteiger charge is 2.37. The number of hydrogen-bond acceptors (Lipinski definition) is 14. The highest BCUT2D eigenvalue weighted by atomic mass is 16.6. The summed E-state index contributed by atoms with van der Waals surface area (Å²) in [6.07, 6.45) is 22.4. The molecule has 15 nitrogen and oxygen atoms in total. The van der Waals surface area contributed by atoms with E-state index in [1.807, 2.05) is 0 Å². The van der Waals surface area contributed by atoms with E-state index in [-0.39, 0.29) is 108 Å². The van der Waals surface area contributed by atoms with Gasteiger partial charge in [-0.25, -0.2) is 4.79 Å². The number of rotatable bonds is 42. The lowest BCUT2D eigenvalue weighted by Crippen LogP contribution is -2.52. The van der Waals surface area contributed by atoms with Gasteiger partial charge in [-0.15, -0.1) is 0 Å². The van der Waals surface area contributed by atoms with Crippen LogP contribution in [-0.4, -0.2) is 104 Å². The van der Waals surface area contributed by atoms with Gasteiger partial charge in [0.15, 0.2) is 0 Å². The zero-order valence-corrected chi connectivity index (χ0v) is 45.6. The van der Waals surface area contributed by atoms with E-state index >= 15 is 0 Å². The van der Waals surface area contributed by atoms with Gasteiger partial charge in [0.1, 0.15) is 17.8 Å². The van der Waals surface area contributed by atoms with E-state index in [1.165, 1.54) is 4.90 Å². The summed E-state index contributed by atoms with van der Waals surface area (Å²) in [5, 5.41) is 0. The fourth-order valence-corrected chi connectivity index (χ4v) is 8.26. The Bertz CT molecular complexity index is 1310. The van der Waals surface area contributed by atoms with Crippen LogP contribution in [-0.2, 0) is 61.9 Å². The maximum Gasteiger partial charge on any atom is 0.410 e. The van der Waals surface area contributed by atoms with Crippen LogP contribution in [0.5, 0.6) is 0 Å². The van der Waals surface area contributed by atoms with Crippen LogP contribution in [0.1, 0.15) is 248 Å². The molecule has 0 saturated carbocycles. The van der Waals surface area contributed by atoms with E-state index in [2.05, 4.69) is 27.7 Å². The molecule has 0 aromatic carbocycles. The minimum atomic E-state index is -0.908. The summed E-state index contributed by atoms with van der Waals surface area (Å²) >= 11 is 0. The lowest BCUT2D eigenvalue weighted by Gasteiger charge is -2.37. The standard InChI is InChI=1S/C56H99NO14/c1-8-12-16-20-24-28-32-49(58)65-41-45(42-66-50(59)33-29-25-21-17-13-9-2)36-53(62)69-47-38-48(40-57(39-47)55(64)71-56(5,6)7)70-54(63)37-46(43-67-51(60)34-30-26-22-18-14-10-3)44-68-52(61)35-31-27-23-19-15-11-4/h45-48H,8-44H2,1-7H3/t47-,48-/m1/s1. The van der Waals surface area contributed by atoms with Gasteiger partial charge in [0.05, 0.1) is 52.4 Å². The molecule has 0 aromatic heterocycles. The molecule has 0 unspecified atom stereocenters. The molecular weight excluding hydrogens is 911 g/mol. The van der Waals surface area contributed by atoms with Crippen LogP contribution in [0, 0.1) is 11.8 Å². The van der Waals surface area contributed by atoms with E-state index in [0.29, 0.717) is 25.7 Å². The third-order valence-electron chi connectivity index (χ3n) is 12.4. The summed E-state index contributed by atoms with van der Waals surface area (Å²) in [4.78, 5) is 92.9. The molecule has 1 heterocycles. The summed E-state index contributed by atoms with van der Waals surface area (Å²) in [7, 11) is 0. The molecule has 0 aromatic rings. The largest absolute Gasteiger partial charge is 0.465 e. The van der Waals surface area contributed by atoms with E-state index < -0.39 is 47.7 Å². The first-order valence-corrected chi connectivity index (χ1v) is 28.1. The van der Waals surface area contributed by atoms with Crippen molar-refractivity contribution in [2.75, 3.05) is 39.5 Å². The van der Waals surface area contributed by atoms with Gasteiger partial charge in [0.2, 0.25) is 0 Å². The second-order valence-corrected chi connectivity index (χ2v) is 20.8. The van der Waals surface area contributed by atoms with Gasteiger partial charge >= 0.3 is 41.9 Å². The zero-order valence-electron chi connectivity index (χ0n) is 45.6. The molecule has 0 spiro atoms. The summed E-state index contributed by atoms with van der Waals surface area (Å²) in [5.41, 5.74) is -0.842. The van der Waals surface area contributed by atoms with Crippen molar-refractivity contribution in [1.29, 1.82) is 0 Å². The van der Waals surface area contributed by atoms with Gasteiger partial charge in [-0.1, -0.05) is 156 Å². The number of carbonyl (C=O) groups is 7. The summed E-state index contributed by atoms with van der Waals surface area (Å²) in [5.74, 6) is -4.24. The van der Waals surface area contributed by atoms with Gasteiger partial charge < -0.3 is 38.1 Å². The zero-order chi connectivity index (χ0) is 52.5. The number of unbranched alkanes of at least 4 members (excludes halogenated alkanes) is 20. The molecule has 0 N–H and O–H groups in total. The Balaban J connectivity index is 3.09. The average molecular weight is 1010 g/mol. The number of hydrogen-bond donors (Lipinski definition) is 0. The fraction of sp³-hybridized carbons (Fsp3) is 0.875. The molecule has 0 radical (unpaired) electrons. The molecule has 1 saturated heterocycles. The van der Waals surface area contributed by atoms with Gasteiger partial charge in [-0.3, -0.25) is 28.8 Å². The highest BCUT2D eigenvalue weighted by molar-refractivity contribution is 5.73. The molecule has 412 valence electrons. The first-order valence-electron chi connectivity index (χ1n) is 28.1. The Labute approximate surface area is 428 Å². The number of ether oxygens (including phenoxy) is 7. The number of piperidine rings is 1. The van der Waals surface area contributed by atoms with E-state index in [9.17, 15) is 33.6 Å². The predicted octanol–water partition coefficient (Wildman–Crippen LogP) is 12.6. The topological polar surface area (TPSA) is 187 Å². The normalized spacial score (nSPS) is 14.8. The fourth-order valence-electron chi connectivity index (χ4n) is 8.26. The molecule has 15 heteroatoms. The lowest BCUT2D eigenvalue weighted by molar-refractivity contribution is -0.167. The smallest absolute Gasteiger partial charge is 0.410 e. The van der Waals surface area contributed by atoms with Crippen molar-refractivity contribution in [2.45, 2.75) is 265 Å². The van der Waals surface area contributed by atoms with E-state index in [0.717, 1.165) is 128 Å². The van der Waals surface area contributed by atoms with Gasteiger partial charge in [-0.2, -0.15) is 0 Å². The maximum absolute atomic E-state index is 13.7. The molecule has 2 atom stereocenters. The second-order valence-electron chi connectivity index (χ2n) is 20.8. The summed E-state index contributed by atoms with van der Waals surface area (Å²) in [6, 6.07) is 0. The van der Waals surface area contributed by atoms with Crippen LogP contribution in [0.25, 0.3) is 0 Å². The number of esters is 6. The molecule has 1 amide bonds. The van der Waals surface area contributed by atoms with Crippen molar-refractivity contribution >= 4 is 41.9 Å². The van der Waals surface area contributed by atoms with E-state index in [4.69, 9.17) is 33.2 Å². The Kier molecular flexibility index (Phi) is 38.1. The Hall–Kier alpha value is -3.91. The maximum atomic E-state index is 13.7. The predicted molar refractivity (Wildman–Crippen MR) is 274 cm³/mol. The minimum Gasteiger partial charge on any atom is -0.465 e. The van der Waals surface area contributed by atoms with Gasteiger partial charge in [0, 0.05) is 43.9 Å². The van der Waals surface area contributed by atoms with Gasteiger partial charge in [-0.05, 0) is 46.5 Å². The Morgan fingerprint density at radius 3 is 0.944 bits per heavy atom. The Morgan fingerprint density at radius 1 is 0.408 bits per heavy atom. The third kappa shape index (κ3) is 37.5. The van der Waals surface area contributed by atoms with Crippen LogP contribution in [0.2, 0.25) is 0 Å². The summed E-state index contributed by atoms with van der Waals surface area (Å²) < 4.78 is 39.9. The molecule has 0 bridgehead atoms. The van der Waals surface area contributed by atoms with Crippen molar-refractivity contribution in [3.8, 4) is 0 Å². The average Bonchev–Trinajstić information content (AvgIpc) is 3.31. The number of likely N-dealkylation sites (tertiary alicyclic amines) is 1. The van der Waals surface area contributed by atoms with Crippen molar-refractivity contribution in [1.82, 2.24) is 4.90 Å². The summed E-state index contributed by atoms with van der Waals surface area (Å²) in [6.45, 7) is 13.1. The van der Waals surface area contributed by atoms with E-state index in [1.54, 1.807) is 20.8 Å². The van der Waals surface area contributed by atoms with Crippen LogP contribution in [0.4, 0.5) is 4.79 Å². The molecule has 1 aliphatic heterocycles. The first-order chi connectivity index (χ1) is 34.1. The molecule has 0 aliphatic carbocycles. The first kappa shape index (κ1) is 65.1. The van der Waals surface area contributed by atoms with Crippen molar-refractivity contribution in [3.63, 3.8) is 0 Å². The van der Waals surface area contributed by atoms with Gasteiger partial charge in [0.25, 0.3) is 0 Å². The van der Waals surface area contributed by atoms with Crippen LogP contribution in [0.3, 0.4) is 0 Å². The number of nitrogens with zero attached hydrogens (tertiary/aromatic N) is 1. The molecule has 1 fully saturated rings. The number of carbonyl (C=O) groups excluding carboxylic acids is 7. The quantitative estimate of drug-likeness (QED) is 0.0319.